The van der Waals surface area contributed by atoms with Gasteiger partial charge in [-0.2, -0.15) is 0 Å². The van der Waals surface area contributed by atoms with Gasteiger partial charge in [0.05, 0.1) is 0 Å². The fourth-order valence-electron chi connectivity index (χ4n) is 6.37. The lowest BCUT2D eigenvalue weighted by molar-refractivity contribution is 0.179. The van der Waals surface area contributed by atoms with Gasteiger partial charge in [0.15, 0.2) is 0 Å². The van der Waals surface area contributed by atoms with E-state index in [1.807, 2.05) is 0 Å². The first-order valence-electron chi connectivity index (χ1n) is 16.7. The smallest absolute Gasteiger partial charge is 0.0340 e. The largest absolute Gasteiger partial charge is 0.385 e. The Bertz CT molecular complexity index is 1100. The molecule has 4 rings (SSSR count). The number of nitrogens with zero attached hydrogens (tertiary/aromatic N) is 2. The summed E-state index contributed by atoms with van der Waals surface area (Å²) in [6.45, 7) is 17.1. The monoisotopic (exact) mass is 565 g/mol. The van der Waals surface area contributed by atoms with E-state index in [2.05, 4.69) is 120 Å². The van der Waals surface area contributed by atoms with Gasteiger partial charge in [0, 0.05) is 24.7 Å². The number of hydrogen-bond acceptors (Lipinski definition) is 3. The maximum Gasteiger partial charge on any atom is 0.0340 e. The van der Waals surface area contributed by atoms with Crippen molar-refractivity contribution in [1.29, 1.82) is 0 Å². The second kappa shape index (κ2) is 17.9. The minimum atomic E-state index is 0.426. The topological polar surface area (TPSA) is 18.5 Å². The molecule has 1 aliphatic heterocycles. The van der Waals surface area contributed by atoms with Crippen LogP contribution >= 0.6 is 0 Å². The van der Waals surface area contributed by atoms with Crippen molar-refractivity contribution in [2.24, 2.45) is 5.92 Å². The quantitative estimate of drug-likeness (QED) is 0.156. The van der Waals surface area contributed by atoms with Gasteiger partial charge in [0.2, 0.25) is 0 Å². The van der Waals surface area contributed by atoms with Crippen LogP contribution < -0.4 is 5.32 Å². The molecule has 0 saturated carbocycles. The van der Waals surface area contributed by atoms with Crippen LogP contribution in [0.2, 0.25) is 0 Å². The third kappa shape index (κ3) is 10.4. The van der Waals surface area contributed by atoms with Crippen molar-refractivity contribution in [3.63, 3.8) is 0 Å². The second-order valence-corrected chi connectivity index (χ2v) is 12.3. The summed E-state index contributed by atoms with van der Waals surface area (Å²) in [5.74, 6) is 1.18. The van der Waals surface area contributed by atoms with Crippen LogP contribution in [-0.4, -0.2) is 55.6 Å². The summed E-state index contributed by atoms with van der Waals surface area (Å²) >= 11 is 0. The van der Waals surface area contributed by atoms with Crippen molar-refractivity contribution in [3.05, 3.63) is 114 Å². The summed E-state index contributed by atoms with van der Waals surface area (Å²) in [7, 11) is 0. The van der Waals surface area contributed by atoms with E-state index in [9.17, 15) is 0 Å². The molecule has 1 saturated heterocycles. The molecular weight excluding hydrogens is 510 g/mol. The first kappa shape index (κ1) is 32.0. The van der Waals surface area contributed by atoms with E-state index in [1.54, 1.807) is 0 Å². The number of rotatable bonds is 18. The number of hydrogen-bond donors (Lipinski definition) is 1. The highest BCUT2D eigenvalue weighted by Gasteiger charge is 2.23. The lowest BCUT2D eigenvalue weighted by atomic mass is 9.87. The van der Waals surface area contributed by atoms with Gasteiger partial charge >= 0.3 is 0 Å². The molecule has 1 N–H and O–H groups in total. The maximum atomic E-state index is 4.38. The molecule has 226 valence electrons. The molecule has 42 heavy (non-hydrogen) atoms. The fraction of sp³-hybridized carbons (Fsp3) is 0.487. The van der Waals surface area contributed by atoms with Crippen LogP contribution in [0.3, 0.4) is 0 Å². The predicted molar refractivity (Wildman–Crippen MR) is 182 cm³/mol. The molecule has 0 atom stereocenters. The van der Waals surface area contributed by atoms with Gasteiger partial charge in [-0.1, -0.05) is 112 Å². The third-order valence-corrected chi connectivity index (χ3v) is 9.00. The SMILES string of the molecule is C=C(NCCCN(CCCC)CCCC)c1cccc(CC2CCN(CC(c3ccccc3)c3ccccc3)CC2)c1. The van der Waals surface area contributed by atoms with E-state index >= 15 is 0 Å². The number of unbranched alkanes of at least 4 members (excludes halogenated alkanes) is 2. The van der Waals surface area contributed by atoms with Crippen molar-refractivity contribution in [2.75, 3.05) is 45.8 Å². The fourth-order valence-corrected chi connectivity index (χ4v) is 6.37. The van der Waals surface area contributed by atoms with Crippen molar-refractivity contribution in [3.8, 4) is 0 Å². The van der Waals surface area contributed by atoms with Crippen LogP contribution in [0.1, 0.15) is 87.0 Å². The molecular formula is C39H55N3. The molecule has 0 aliphatic carbocycles. The summed E-state index contributed by atoms with van der Waals surface area (Å²) in [6, 6.07) is 31.2. The van der Waals surface area contributed by atoms with Gasteiger partial charge in [-0.3, -0.25) is 0 Å². The van der Waals surface area contributed by atoms with Gasteiger partial charge in [-0.15, -0.1) is 0 Å². The first-order chi connectivity index (χ1) is 20.7. The lowest BCUT2D eigenvalue weighted by Gasteiger charge is -2.35. The summed E-state index contributed by atoms with van der Waals surface area (Å²) in [6.07, 6.45) is 10.0. The van der Waals surface area contributed by atoms with Crippen LogP contribution in [0, 0.1) is 5.92 Å². The van der Waals surface area contributed by atoms with Crippen LogP contribution in [0.4, 0.5) is 0 Å². The molecule has 0 radical (unpaired) electrons. The maximum absolute atomic E-state index is 4.38. The number of likely N-dealkylation sites (tertiary alicyclic amines) is 1. The molecule has 0 spiro atoms. The highest BCUT2D eigenvalue weighted by atomic mass is 15.1. The zero-order valence-electron chi connectivity index (χ0n) is 26.4. The van der Waals surface area contributed by atoms with E-state index in [4.69, 9.17) is 0 Å². The molecule has 1 heterocycles. The first-order valence-corrected chi connectivity index (χ1v) is 16.7. The second-order valence-electron chi connectivity index (χ2n) is 12.3. The number of piperidine rings is 1. The summed E-state index contributed by atoms with van der Waals surface area (Å²) < 4.78 is 0. The Morgan fingerprint density at radius 3 is 2.00 bits per heavy atom. The van der Waals surface area contributed by atoms with E-state index in [0.717, 1.165) is 24.7 Å². The number of benzene rings is 3. The summed E-state index contributed by atoms with van der Waals surface area (Å²) in [5.41, 5.74) is 6.59. The van der Waals surface area contributed by atoms with Gasteiger partial charge in [-0.25, -0.2) is 0 Å². The van der Waals surface area contributed by atoms with E-state index in [1.165, 1.54) is 106 Å². The molecule has 0 bridgehead atoms. The molecule has 3 aromatic rings. The minimum Gasteiger partial charge on any atom is -0.385 e. The van der Waals surface area contributed by atoms with E-state index < -0.39 is 0 Å². The molecule has 0 unspecified atom stereocenters. The van der Waals surface area contributed by atoms with Crippen molar-refractivity contribution in [2.45, 2.75) is 71.1 Å². The molecule has 0 amide bonds. The Balaban J connectivity index is 1.23. The zero-order valence-corrected chi connectivity index (χ0v) is 26.4. The predicted octanol–water partition coefficient (Wildman–Crippen LogP) is 8.63. The molecule has 3 nitrogen and oxygen atoms in total. The highest BCUT2D eigenvalue weighted by Crippen LogP contribution is 2.29. The Kier molecular flexibility index (Phi) is 13.7. The average molecular weight is 566 g/mol. The zero-order chi connectivity index (χ0) is 29.4. The van der Waals surface area contributed by atoms with Crippen LogP contribution in [0.25, 0.3) is 5.70 Å². The summed E-state index contributed by atoms with van der Waals surface area (Å²) in [5, 5.41) is 3.62. The van der Waals surface area contributed by atoms with Gasteiger partial charge in [0.25, 0.3) is 0 Å². The number of nitrogens with one attached hydrogen (secondary N) is 1. The average Bonchev–Trinajstić information content (AvgIpc) is 3.04. The van der Waals surface area contributed by atoms with Gasteiger partial charge in [-0.05, 0) is 105 Å². The van der Waals surface area contributed by atoms with Crippen LogP contribution in [0.15, 0.2) is 91.5 Å². The van der Waals surface area contributed by atoms with Gasteiger partial charge in [0.1, 0.15) is 0 Å². The Labute approximate surface area is 257 Å². The Hall–Kier alpha value is -2.88. The molecule has 1 fully saturated rings. The molecule has 1 aliphatic rings. The Morgan fingerprint density at radius 2 is 1.40 bits per heavy atom. The van der Waals surface area contributed by atoms with Crippen molar-refractivity contribution < 1.29 is 0 Å². The lowest BCUT2D eigenvalue weighted by Crippen LogP contribution is -2.37. The normalized spacial score (nSPS) is 14.5. The molecule has 3 heteroatoms. The van der Waals surface area contributed by atoms with E-state index in [-0.39, 0.29) is 0 Å². The standard InChI is InChI=1S/C39H55N3/c1-4-6-25-41(26-7-5-2)27-15-24-40-33(3)38-21-14-16-35(31-38)30-34-22-28-42(29-23-34)32-39(36-17-10-8-11-18-36)37-19-12-9-13-20-37/h8-14,16-21,31,34,39-40H,3-7,15,22-30,32H2,1-2H3. The third-order valence-electron chi connectivity index (χ3n) is 9.00. The van der Waals surface area contributed by atoms with Crippen molar-refractivity contribution >= 4 is 5.70 Å². The minimum absolute atomic E-state index is 0.426. The van der Waals surface area contributed by atoms with Crippen LogP contribution in [-0.2, 0) is 6.42 Å². The van der Waals surface area contributed by atoms with Crippen LogP contribution in [0.5, 0.6) is 0 Å². The van der Waals surface area contributed by atoms with Crippen molar-refractivity contribution in [1.82, 2.24) is 15.1 Å². The highest BCUT2D eigenvalue weighted by molar-refractivity contribution is 5.62. The van der Waals surface area contributed by atoms with E-state index in [0.29, 0.717) is 5.92 Å². The summed E-state index contributed by atoms with van der Waals surface area (Å²) in [4.78, 5) is 5.34. The van der Waals surface area contributed by atoms with Gasteiger partial charge < -0.3 is 15.1 Å². The Morgan fingerprint density at radius 1 is 0.810 bits per heavy atom. The molecule has 0 aromatic heterocycles. The molecule has 3 aromatic carbocycles.